The molecule has 0 amide bonds. The van der Waals surface area contributed by atoms with Gasteiger partial charge in [0.05, 0.1) is 0 Å². The summed E-state index contributed by atoms with van der Waals surface area (Å²) in [5.74, 6) is 0. The van der Waals surface area contributed by atoms with Crippen LogP contribution >= 0.6 is 0 Å². The molecule has 0 aliphatic carbocycles. The summed E-state index contributed by atoms with van der Waals surface area (Å²) in [6.45, 7) is 4.25. The quantitative estimate of drug-likeness (QED) is 0.602. The zero-order valence-corrected chi connectivity index (χ0v) is 9.37. The molecular formula is C5H14U. The largest absolute Gasteiger partial charge is 2.00 e. The van der Waals surface area contributed by atoms with Gasteiger partial charge in [0.1, 0.15) is 0 Å². The number of rotatable bonds is 0. The van der Waals surface area contributed by atoms with Crippen LogP contribution in [-0.4, -0.2) is 0 Å². The molecule has 0 rings (SSSR count). The van der Waals surface area contributed by atoms with Gasteiger partial charge in [-0.25, -0.2) is 0 Å². The van der Waals surface area contributed by atoms with E-state index in [1.165, 1.54) is 6.42 Å². The van der Waals surface area contributed by atoms with Crippen LogP contribution in [0.5, 0.6) is 0 Å². The number of hydrogen-bond acceptors (Lipinski definition) is 0. The molecule has 0 atom stereocenters. The van der Waals surface area contributed by atoms with E-state index in [1.807, 2.05) is 0 Å². The van der Waals surface area contributed by atoms with Gasteiger partial charge in [-0.2, -0.15) is 0 Å². The van der Waals surface area contributed by atoms with E-state index >= 15 is 0 Å². The maximum absolute atomic E-state index is 2.12. The van der Waals surface area contributed by atoms with Crippen LogP contribution in [0.1, 0.15) is 20.3 Å². The molecule has 0 aromatic carbocycles. The van der Waals surface area contributed by atoms with Crippen LogP contribution in [0.3, 0.4) is 0 Å². The van der Waals surface area contributed by atoms with E-state index in [0.29, 0.717) is 0 Å². The molecule has 0 aromatic heterocycles. The first-order valence-corrected chi connectivity index (χ1v) is 1.41. The zero-order valence-electron chi connectivity index (χ0n) is 5.21. The van der Waals surface area contributed by atoms with E-state index in [0.717, 1.165) is 0 Å². The van der Waals surface area contributed by atoms with Crippen LogP contribution in [0.15, 0.2) is 0 Å². The molecule has 0 N–H and O–H groups in total. The van der Waals surface area contributed by atoms with Crippen LogP contribution in [0, 0.1) is 46.0 Å². The molecule has 0 saturated carbocycles. The van der Waals surface area contributed by atoms with Crippen LogP contribution in [0.2, 0.25) is 0 Å². The zero-order chi connectivity index (χ0) is 2.71. The fourth-order valence-corrected chi connectivity index (χ4v) is 0. The van der Waals surface area contributed by atoms with Crippen molar-refractivity contribution >= 4 is 0 Å². The molecule has 38 valence electrons. The summed E-state index contributed by atoms with van der Waals surface area (Å²) in [6, 6.07) is 0. The molecule has 0 nitrogen and oxygen atoms in total. The minimum absolute atomic E-state index is 0. The first-order valence-electron chi connectivity index (χ1n) is 1.41. The summed E-state index contributed by atoms with van der Waals surface area (Å²) < 4.78 is 0. The molecule has 0 spiro atoms. The van der Waals surface area contributed by atoms with Crippen LogP contribution in [0.4, 0.5) is 0 Å². The maximum Gasteiger partial charge on any atom is 2.00 e. The predicted octanol–water partition coefficient (Wildman–Crippen LogP) is 2.32. The van der Waals surface area contributed by atoms with Gasteiger partial charge in [0.25, 0.3) is 0 Å². The minimum Gasteiger partial charge on any atom is -0.358 e. The Morgan fingerprint density at radius 1 is 1.00 bits per heavy atom. The fourth-order valence-electron chi connectivity index (χ4n) is 0. The van der Waals surface area contributed by atoms with Crippen molar-refractivity contribution in [2.45, 2.75) is 20.3 Å². The van der Waals surface area contributed by atoms with Gasteiger partial charge >= 0.3 is 31.1 Å². The Labute approximate surface area is 66.1 Å². The molecule has 0 saturated heterocycles. The van der Waals surface area contributed by atoms with Gasteiger partial charge in [-0.3, -0.25) is 0 Å². The van der Waals surface area contributed by atoms with Crippen molar-refractivity contribution in [3.63, 3.8) is 0 Å². The first-order chi connectivity index (χ1) is 1.41. The van der Waals surface area contributed by atoms with Gasteiger partial charge in [-0.1, -0.05) is 20.3 Å². The average Bonchev–Trinajstić information content (AvgIpc) is 0.918. The van der Waals surface area contributed by atoms with Gasteiger partial charge < -0.3 is 14.9 Å². The molecular weight excluding hydrogens is 298 g/mol. The molecule has 0 fully saturated rings. The third-order valence-corrected chi connectivity index (χ3v) is 0. The van der Waals surface area contributed by atoms with Gasteiger partial charge in [0.15, 0.2) is 0 Å². The second-order valence-corrected chi connectivity index (χ2v) is 0.707. The predicted molar refractivity (Wildman–Crippen MR) is 28.8 cm³/mol. The third kappa shape index (κ3) is 75.0. The standard InChI is InChI=1S/C3H8.2CH3.U/c1-3-2;;;/h3H2,1-2H3;2*1H3;/q;2*-1;+2. The molecule has 0 bridgehead atoms. The van der Waals surface area contributed by atoms with Crippen LogP contribution in [0.25, 0.3) is 0 Å². The van der Waals surface area contributed by atoms with Crippen molar-refractivity contribution in [2.75, 3.05) is 0 Å². The minimum atomic E-state index is 0. The van der Waals surface area contributed by atoms with Crippen molar-refractivity contribution in [2.24, 2.45) is 0 Å². The monoisotopic (exact) mass is 312 g/mol. The van der Waals surface area contributed by atoms with Crippen LogP contribution in [-0.2, 0) is 0 Å². The molecule has 6 heavy (non-hydrogen) atoms. The molecule has 0 aromatic rings. The third-order valence-electron chi connectivity index (χ3n) is 0. The van der Waals surface area contributed by atoms with Crippen molar-refractivity contribution < 1.29 is 31.1 Å². The summed E-state index contributed by atoms with van der Waals surface area (Å²) in [7, 11) is 0. The van der Waals surface area contributed by atoms with E-state index < -0.39 is 0 Å². The second kappa shape index (κ2) is 36.7. The normalized spacial score (nSPS) is 3.00. The van der Waals surface area contributed by atoms with E-state index in [9.17, 15) is 0 Å². The molecule has 0 heterocycles. The summed E-state index contributed by atoms with van der Waals surface area (Å²) in [5.41, 5.74) is 0. The second-order valence-electron chi connectivity index (χ2n) is 0.707. The average molecular weight is 312 g/mol. The van der Waals surface area contributed by atoms with Gasteiger partial charge in [-0.05, 0) is 0 Å². The van der Waals surface area contributed by atoms with Gasteiger partial charge in [0.2, 0.25) is 0 Å². The van der Waals surface area contributed by atoms with Crippen LogP contribution < -0.4 is 0 Å². The Kier molecular flexibility index (Phi) is 170. The van der Waals surface area contributed by atoms with Gasteiger partial charge in [0, 0.05) is 0 Å². The summed E-state index contributed by atoms with van der Waals surface area (Å²) in [5, 5.41) is 0. The molecule has 0 unspecified atom stereocenters. The fraction of sp³-hybridized carbons (Fsp3) is 0.600. The smallest absolute Gasteiger partial charge is 0.358 e. The Balaban J connectivity index is -0.00000000667. The molecule has 0 radical (unpaired) electrons. The van der Waals surface area contributed by atoms with Crippen molar-refractivity contribution in [1.29, 1.82) is 0 Å². The van der Waals surface area contributed by atoms with E-state index in [2.05, 4.69) is 13.8 Å². The van der Waals surface area contributed by atoms with E-state index in [-0.39, 0.29) is 46.0 Å². The SMILES string of the molecule is CCC.[CH3-].[CH3-].[U+2]. The number of hydrogen-bond donors (Lipinski definition) is 0. The molecule has 0 aliphatic heterocycles. The van der Waals surface area contributed by atoms with Crippen molar-refractivity contribution in [1.82, 2.24) is 0 Å². The summed E-state index contributed by atoms with van der Waals surface area (Å²) >= 11 is 0. The summed E-state index contributed by atoms with van der Waals surface area (Å²) in [4.78, 5) is 0. The topological polar surface area (TPSA) is 0 Å². The maximum atomic E-state index is 2.12. The Hall–Kier alpha value is 1.05. The Morgan fingerprint density at radius 2 is 1.00 bits per heavy atom. The van der Waals surface area contributed by atoms with E-state index in [1.54, 1.807) is 0 Å². The van der Waals surface area contributed by atoms with E-state index in [4.69, 9.17) is 0 Å². The van der Waals surface area contributed by atoms with Crippen molar-refractivity contribution in [3.05, 3.63) is 14.9 Å². The van der Waals surface area contributed by atoms with Gasteiger partial charge in [-0.15, -0.1) is 0 Å². The Morgan fingerprint density at radius 3 is 1.00 bits per heavy atom. The Bertz CT molecular complexity index is 3.90. The van der Waals surface area contributed by atoms with Crippen molar-refractivity contribution in [3.8, 4) is 0 Å². The first kappa shape index (κ1) is 27.7. The molecule has 0 aliphatic rings. The summed E-state index contributed by atoms with van der Waals surface area (Å²) in [6.07, 6.45) is 1.25. The molecule has 1 heteroatoms.